The Morgan fingerprint density at radius 2 is 1.92 bits per heavy atom. The third-order valence-corrected chi connectivity index (χ3v) is 1.57. The van der Waals surface area contributed by atoms with E-state index in [1.807, 2.05) is 13.8 Å². The minimum absolute atomic E-state index is 0.481. The molecule has 12 heavy (non-hydrogen) atoms. The van der Waals surface area contributed by atoms with Crippen LogP contribution in [0.1, 0.15) is 20.3 Å². The molecule has 1 N–H and O–H groups in total. The second-order valence-electron chi connectivity index (χ2n) is 3.21. The third kappa shape index (κ3) is 3.95. The summed E-state index contributed by atoms with van der Waals surface area (Å²) < 4.78 is 0. The van der Waals surface area contributed by atoms with E-state index < -0.39 is 11.9 Å². The highest BCUT2D eigenvalue weighted by Crippen LogP contribution is 2.00. The maximum atomic E-state index is 10.8. The van der Waals surface area contributed by atoms with Gasteiger partial charge in [-0.3, -0.25) is 4.79 Å². The molecule has 0 aliphatic heterocycles. The molecule has 0 aliphatic rings. The highest BCUT2D eigenvalue weighted by atomic mass is 16.4. The lowest BCUT2D eigenvalue weighted by atomic mass is 10.1. The van der Waals surface area contributed by atoms with Crippen LogP contribution in [0.25, 0.3) is 0 Å². The summed E-state index contributed by atoms with van der Waals surface area (Å²) in [6, 6.07) is 0. The van der Waals surface area contributed by atoms with Crippen LogP contribution < -0.4 is 0 Å². The van der Waals surface area contributed by atoms with Gasteiger partial charge in [-0.15, -0.1) is 0 Å². The summed E-state index contributed by atoms with van der Waals surface area (Å²) in [4.78, 5) is 22.2. The molecular formula is C8H15NO3. The number of rotatable bonds is 3. The maximum Gasteiger partial charge on any atom is 0.394 e. The lowest BCUT2D eigenvalue weighted by Gasteiger charge is -2.15. The Morgan fingerprint density at radius 3 is 2.25 bits per heavy atom. The highest BCUT2D eigenvalue weighted by Gasteiger charge is 2.16. The molecule has 0 saturated heterocycles. The van der Waals surface area contributed by atoms with Gasteiger partial charge in [0.15, 0.2) is 0 Å². The second kappa shape index (κ2) is 4.74. The predicted octanol–water partition coefficient (Wildman–Crippen LogP) is 0.575. The van der Waals surface area contributed by atoms with Crippen LogP contribution in [-0.4, -0.2) is 35.5 Å². The van der Waals surface area contributed by atoms with E-state index in [0.29, 0.717) is 12.5 Å². The zero-order valence-electron chi connectivity index (χ0n) is 7.70. The Bertz CT molecular complexity index is 177. The first-order valence-corrected chi connectivity index (χ1v) is 3.93. The molecule has 0 atom stereocenters. The van der Waals surface area contributed by atoms with Crippen LogP contribution in [0.3, 0.4) is 0 Å². The van der Waals surface area contributed by atoms with E-state index in [1.54, 1.807) is 0 Å². The molecule has 0 unspecified atom stereocenters. The Labute approximate surface area is 72.2 Å². The molecule has 0 bridgehead atoms. The summed E-state index contributed by atoms with van der Waals surface area (Å²) in [5.74, 6) is -1.74. The molecule has 0 aromatic rings. The first-order chi connectivity index (χ1) is 5.45. The van der Waals surface area contributed by atoms with Gasteiger partial charge in [0.05, 0.1) is 0 Å². The Balaban J connectivity index is 3.80. The van der Waals surface area contributed by atoms with Gasteiger partial charge in [-0.25, -0.2) is 4.79 Å². The second-order valence-corrected chi connectivity index (χ2v) is 3.21. The molecule has 0 aliphatic carbocycles. The summed E-state index contributed by atoms with van der Waals surface area (Å²) in [6.07, 6.45) is 0.829. The molecule has 0 radical (unpaired) electrons. The SMILES string of the molecule is CC(C)CCN(C)C(=O)C(=O)O. The standard InChI is InChI=1S/C8H15NO3/c1-6(2)4-5-9(3)7(10)8(11)12/h6H,4-5H2,1-3H3,(H,11,12). The Hall–Kier alpha value is -1.06. The largest absolute Gasteiger partial charge is 0.474 e. The molecule has 0 aromatic heterocycles. The summed E-state index contributed by atoms with van der Waals surface area (Å²) in [7, 11) is 1.50. The molecule has 0 aromatic carbocycles. The monoisotopic (exact) mass is 173 g/mol. The van der Waals surface area contributed by atoms with Crippen LogP contribution >= 0.6 is 0 Å². The van der Waals surface area contributed by atoms with Gasteiger partial charge >= 0.3 is 11.9 Å². The fraction of sp³-hybridized carbons (Fsp3) is 0.750. The van der Waals surface area contributed by atoms with Gasteiger partial charge in [-0.1, -0.05) is 13.8 Å². The van der Waals surface area contributed by atoms with Gasteiger partial charge in [-0.05, 0) is 12.3 Å². The summed E-state index contributed by atoms with van der Waals surface area (Å²) in [5, 5.41) is 8.33. The van der Waals surface area contributed by atoms with Crippen molar-refractivity contribution in [3.8, 4) is 0 Å². The Kier molecular flexibility index (Phi) is 4.33. The summed E-state index contributed by atoms with van der Waals surface area (Å²) >= 11 is 0. The minimum Gasteiger partial charge on any atom is -0.474 e. The lowest BCUT2D eigenvalue weighted by Crippen LogP contribution is -2.34. The van der Waals surface area contributed by atoms with Gasteiger partial charge in [-0.2, -0.15) is 0 Å². The highest BCUT2D eigenvalue weighted by molar-refractivity contribution is 6.31. The van der Waals surface area contributed by atoms with Crippen LogP contribution in [0.2, 0.25) is 0 Å². The zero-order valence-corrected chi connectivity index (χ0v) is 7.70. The maximum absolute atomic E-state index is 10.8. The van der Waals surface area contributed by atoms with E-state index in [4.69, 9.17) is 5.11 Å². The number of carbonyl (C=O) groups is 2. The third-order valence-electron chi connectivity index (χ3n) is 1.57. The average Bonchev–Trinajstić information content (AvgIpc) is 1.98. The minimum atomic E-state index is -1.39. The molecule has 0 rings (SSSR count). The summed E-state index contributed by atoms with van der Waals surface area (Å²) in [6.45, 7) is 4.56. The van der Waals surface area contributed by atoms with Gasteiger partial charge in [0.2, 0.25) is 0 Å². The van der Waals surface area contributed by atoms with Crippen molar-refractivity contribution in [1.82, 2.24) is 4.90 Å². The number of hydrogen-bond acceptors (Lipinski definition) is 2. The van der Waals surface area contributed by atoms with Gasteiger partial charge in [0.25, 0.3) is 0 Å². The molecule has 0 heterocycles. The number of aliphatic carboxylic acids is 1. The van der Waals surface area contributed by atoms with Crippen molar-refractivity contribution in [3.05, 3.63) is 0 Å². The van der Waals surface area contributed by atoms with Crippen molar-refractivity contribution in [2.24, 2.45) is 5.92 Å². The molecule has 0 saturated carbocycles. The Morgan fingerprint density at radius 1 is 1.42 bits per heavy atom. The molecule has 70 valence electrons. The van der Waals surface area contributed by atoms with Crippen LogP contribution in [0.5, 0.6) is 0 Å². The molecule has 0 spiro atoms. The van der Waals surface area contributed by atoms with Crippen LogP contribution in [0.4, 0.5) is 0 Å². The van der Waals surface area contributed by atoms with Crippen molar-refractivity contribution in [2.45, 2.75) is 20.3 Å². The molecular weight excluding hydrogens is 158 g/mol. The number of carboxylic acids is 1. The first-order valence-electron chi connectivity index (χ1n) is 3.93. The average molecular weight is 173 g/mol. The quantitative estimate of drug-likeness (QED) is 0.635. The van der Waals surface area contributed by atoms with Gasteiger partial charge in [0, 0.05) is 13.6 Å². The van der Waals surface area contributed by atoms with E-state index in [2.05, 4.69) is 0 Å². The number of amides is 1. The normalized spacial score (nSPS) is 10.0. The topological polar surface area (TPSA) is 57.6 Å². The van der Waals surface area contributed by atoms with E-state index in [0.717, 1.165) is 6.42 Å². The first kappa shape index (κ1) is 10.9. The molecule has 4 nitrogen and oxygen atoms in total. The van der Waals surface area contributed by atoms with E-state index in [9.17, 15) is 9.59 Å². The molecule has 0 fully saturated rings. The smallest absolute Gasteiger partial charge is 0.394 e. The fourth-order valence-corrected chi connectivity index (χ4v) is 0.717. The van der Waals surface area contributed by atoms with Crippen LogP contribution in [0, 0.1) is 5.92 Å². The van der Waals surface area contributed by atoms with Crippen molar-refractivity contribution < 1.29 is 14.7 Å². The number of nitrogens with zero attached hydrogens (tertiary/aromatic N) is 1. The zero-order chi connectivity index (χ0) is 9.72. The lowest BCUT2D eigenvalue weighted by molar-refractivity contribution is -0.155. The number of carbonyl (C=O) groups excluding carboxylic acids is 1. The molecule has 1 amide bonds. The van der Waals surface area contributed by atoms with E-state index in [-0.39, 0.29) is 0 Å². The predicted molar refractivity (Wildman–Crippen MR) is 44.7 cm³/mol. The van der Waals surface area contributed by atoms with E-state index in [1.165, 1.54) is 11.9 Å². The van der Waals surface area contributed by atoms with Crippen LogP contribution in [-0.2, 0) is 9.59 Å². The van der Waals surface area contributed by atoms with Crippen molar-refractivity contribution in [2.75, 3.05) is 13.6 Å². The van der Waals surface area contributed by atoms with Crippen molar-refractivity contribution in [1.29, 1.82) is 0 Å². The van der Waals surface area contributed by atoms with Crippen molar-refractivity contribution in [3.63, 3.8) is 0 Å². The van der Waals surface area contributed by atoms with Crippen LogP contribution in [0.15, 0.2) is 0 Å². The van der Waals surface area contributed by atoms with Gasteiger partial charge in [0.1, 0.15) is 0 Å². The number of likely N-dealkylation sites (N-methyl/N-ethyl adjacent to an activating group) is 1. The fourth-order valence-electron chi connectivity index (χ4n) is 0.717. The van der Waals surface area contributed by atoms with Gasteiger partial charge < -0.3 is 10.0 Å². The van der Waals surface area contributed by atoms with E-state index >= 15 is 0 Å². The van der Waals surface area contributed by atoms with Crippen molar-refractivity contribution >= 4 is 11.9 Å². The number of carboxylic acid groups (broad SMARTS) is 1. The number of hydrogen-bond donors (Lipinski definition) is 1. The summed E-state index contributed by atoms with van der Waals surface area (Å²) in [5.41, 5.74) is 0. The molecule has 4 heteroatoms.